The molecule has 4 aromatic rings. The zero-order valence-corrected chi connectivity index (χ0v) is 18.1. The van der Waals surface area contributed by atoms with Crippen LogP contribution in [-0.2, 0) is 13.1 Å². The third-order valence-corrected chi connectivity index (χ3v) is 5.37. The van der Waals surface area contributed by atoms with Gasteiger partial charge in [-0.3, -0.25) is 4.79 Å². The largest absolute Gasteiger partial charge is 0.497 e. The number of nitrogens with one attached hydrogen (secondary N) is 2. The van der Waals surface area contributed by atoms with Gasteiger partial charge in [0.25, 0.3) is 5.56 Å². The molecule has 4 rings (SSSR count). The van der Waals surface area contributed by atoms with Crippen molar-refractivity contribution < 1.29 is 9.53 Å². The highest BCUT2D eigenvalue weighted by atomic mass is 16.5. The summed E-state index contributed by atoms with van der Waals surface area (Å²) in [6.45, 7) is 2.47. The average molecular weight is 428 g/mol. The van der Waals surface area contributed by atoms with E-state index in [1.807, 2.05) is 85.8 Å². The number of fused-ring (bicyclic) bond motifs is 1. The number of rotatable bonds is 6. The molecule has 1 aromatic heterocycles. The van der Waals surface area contributed by atoms with Crippen LogP contribution >= 0.6 is 0 Å². The molecular weight excluding hydrogens is 402 g/mol. The standard InChI is InChI=1S/C26H25N3O3/c1-18-7-6-8-20-15-21(25(30)28-24(18)20)17-29(16-19-11-13-23(32-2)14-12-19)26(31)27-22-9-4-3-5-10-22/h3-15H,16-17H2,1-2H3,(H,27,31)(H,28,30). The molecule has 3 aromatic carbocycles. The van der Waals surface area contributed by atoms with E-state index in [4.69, 9.17) is 4.74 Å². The van der Waals surface area contributed by atoms with Gasteiger partial charge in [0.2, 0.25) is 0 Å². The monoisotopic (exact) mass is 427 g/mol. The molecule has 0 aliphatic heterocycles. The number of carbonyl (C=O) groups is 1. The van der Waals surface area contributed by atoms with Crippen molar-refractivity contribution in [2.75, 3.05) is 12.4 Å². The van der Waals surface area contributed by atoms with Crippen molar-refractivity contribution in [2.45, 2.75) is 20.0 Å². The smallest absolute Gasteiger partial charge is 0.322 e. The summed E-state index contributed by atoms with van der Waals surface area (Å²) in [6.07, 6.45) is 0. The first-order valence-electron chi connectivity index (χ1n) is 10.4. The third-order valence-electron chi connectivity index (χ3n) is 5.37. The summed E-state index contributed by atoms with van der Waals surface area (Å²) in [5.41, 5.74) is 3.78. The van der Waals surface area contributed by atoms with Gasteiger partial charge in [-0.05, 0) is 53.8 Å². The maximum absolute atomic E-state index is 13.2. The van der Waals surface area contributed by atoms with Crippen LogP contribution in [0.1, 0.15) is 16.7 Å². The fourth-order valence-corrected chi connectivity index (χ4v) is 3.63. The lowest BCUT2D eigenvalue weighted by Gasteiger charge is -2.23. The fourth-order valence-electron chi connectivity index (χ4n) is 3.63. The van der Waals surface area contributed by atoms with Gasteiger partial charge in [0.05, 0.1) is 19.2 Å². The van der Waals surface area contributed by atoms with E-state index in [9.17, 15) is 9.59 Å². The highest BCUT2D eigenvalue weighted by molar-refractivity contribution is 5.89. The summed E-state index contributed by atoms with van der Waals surface area (Å²) in [7, 11) is 1.61. The van der Waals surface area contributed by atoms with Gasteiger partial charge in [-0.2, -0.15) is 0 Å². The fraction of sp³-hybridized carbons (Fsp3) is 0.154. The number of carbonyl (C=O) groups excluding carboxylic acids is 1. The predicted octanol–water partition coefficient (Wildman–Crippen LogP) is 5.08. The van der Waals surface area contributed by atoms with E-state index >= 15 is 0 Å². The van der Waals surface area contributed by atoms with Gasteiger partial charge in [0.1, 0.15) is 5.75 Å². The minimum atomic E-state index is -0.282. The van der Waals surface area contributed by atoms with Gasteiger partial charge in [0.15, 0.2) is 0 Å². The molecule has 0 aliphatic rings. The molecule has 0 saturated heterocycles. The molecule has 32 heavy (non-hydrogen) atoms. The number of aromatic amines is 1. The number of ether oxygens (including phenoxy) is 1. The van der Waals surface area contributed by atoms with Gasteiger partial charge in [-0.15, -0.1) is 0 Å². The van der Waals surface area contributed by atoms with Crippen molar-refractivity contribution >= 4 is 22.6 Å². The van der Waals surface area contributed by atoms with Gasteiger partial charge >= 0.3 is 6.03 Å². The lowest BCUT2D eigenvalue weighted by atomic mass is 10.1. The highest BCUT2D eigenvalue weighted by Crippen LogP contribution is 2.18. The van der Waals surface area contributed by atoms with E-state index in [1.165, 1.54) is 0 Å². The van der Waals surface area contributed by atoms with E-state index in [0.717, 1.165) is 27.8 Å². The van der Waals surface area contributed by atoms with Crippen LogP contribution in [0.5, 0.6) is 5.75 Å². The van der Waals surface area contributed by atoms with E-state index in [-0.39, 0.29) is 18.1 Å². The second kappa shape index (κ2) is 9.39. The van der Waals surface area contributed by atoms with E-state index in [1.54, 1.807) is 12.0 Å². The Morgan fingerprint density at radius 2 is 1.72 bits per heavy atom. The number of aryl methyl sites for hydroxylation is 1. The first-order valence-corrected chi connectivity index (χ1v) is 10.4. The molecule has 2 N–H and O–H groups in total. The number of para-hydroxylation sites is 2. The molecule has 162 valence electrons. The maximum atomic E-state index is 13.2. The summed E-state index contributed by atoms with van der Waals surface area (Å²) < 4.78 is 5.22. The van der Waals surface area contributed by atoms with Crippen LogP contribution in [0.4, 0.5) is 10.5 Å². The second-order valence-electron chi connectivity index (χ2n) is 7.66. The number of benzene rings is 3. The Bertz CT molecular complexity index is 1280. The zero-order chi connectivity index (χ0) is 22.5. The van der Waals surface area contributed by atoms with Gasteiger partial charge in [-0.25, -0.2) is 4.79 Å². The number of hydrogen-bond donors (Lipinski definition) is 2. The molecule has 0 radical (unpaired) electrons. The van der Waals surface area contributed by atoms with Crippen LogP contribution < -0.4 is 15.6 Å². The van der Waals surface area contributed by atoms with Gasteiger partial charge < -0.3 is 19.9 Å². The van der Waals surface area contributed by atoms with Crippen molar-refractivity contribution in [1.29, 1.82) is 0 Å². The van der Waals surface area contributed by atoms with Crippen molar-refractivity contribution in [1.82, 2.24) is 9.88 Å². The summed E-state index contributed by atoms with van der Waals surface area (Å²) >= 11 is 0. The molecular formula is C26H25N3O3. The van der Waals surface area contributed by atoms with Crippen LogP contribution in [0.25, 0.3) is 10.9 Å². The number of pyridine rings is 1. The van der Waals surface area contributed by atoms with Crippen LogP contribution in [-0.4, -0.2) is 23.0 Å². The molecule has 0 aliphatic carbocycles. The quantitative estimate of drug-likeness (QED) is 0.451. The van der Waals surface area contributed by atoms with Crippen LogP contribution in [0, 0.1) is 6.92 Å². The molecule has 1 heterocycles. The third kappa shape index (κ3) is 4.81. The average Bonchev–Trinajstić information content (AvgIpc) is 2.81. The Kier molecular flexibility index (Phi) is 6.22. The number of aromatic nitrogens is 1. The van der Waals surface area contributed by atoms with Crippen LogP contribution in [0.3, 0.4) is 0 Å². The summed E-state index contributed by atoms with van der Waals surface area (Å²) in [5.74, 6) is 0.746. The van der Waals surface area contributed by atoms with Crippen molar-refractivity contribution in [2.24, 2.45) is 0 Å². The first kappa shape index (κ1) is 21.2. The van der Waals surface area contributed by atoms with Crippen molar-refractivity contribution in [3.05, 3.63) is 106 Å². The predicted molar refractivity (Wildman–Crippen MR) is 127 cm³/mol. The molecule has 0 unspecified atom stereocenters. The summed E-state index contributed by atoms with van der Waals surface area (Å²) in [4.78, 5) is 30.6. The van der Waals surface area contributed by atoms with Crippen molar-refractivity contribution in [3.8, 4) is 5.75 Å². The molecule has 6 heteroatoms. The Labute approximate surface area is 186 Å². The zero-order valence-electron chi connectivity index (χ0n) is 18.1. The van der Waals surface area contributed by atoms with Crippen LogP contribution in [0.2, 0.25) is 0 Å². The maximum Gasteiger partial charge on any atom is 0.322 e. The molecule has 6 nitrogen and oxygen atoms in total. The SMILES string of the molecule is COc1ccc(CN(Cc2cc3cccc(C)c3[nH]c2=O)C(=O)Nc2ccccc2)cc1. The minimum Gasteiger partial charge on any atom is -0.497 e. The lowest BCUT2D eigenvalue weighted by Crippen LogP contribution is -2.35. The summed E-state index contributed by atoms with van der Waals surface area (Å²) in [5, 5.41) is 3.86. The number of anilines is 1. The topological polar surface area (TPSA) is 74.4 Å². The Balaban J connectivity index is 1.64. The van der Waals surface area contributed by atoms with Crippen LogP contribution in [0.15, 0.2) is 83.7 Å². The molecule has 0 saturated carbocycles. The number of amides is 2. The van der Waals surface area contributed by atoms with Crippen molar-refractivity contribution in [3.63, 3.8) is 0 Å². The molecule has 0 atom stereocenters. The molecule has 2 amide bonds. The Morgan fingerprint density at radius 1 is 0.969 bits per heavy atom. The Morgan fingerprint density at radius 3 is 2.44 bits per heavy atom. The molecule has 0 fully saturated rings. The summed E-state index contributed by atoms with van der Waals surface area (Å²) in [6, 6.07) is 24.3. The number of H-pyrrole nitrogens is 1. The lowest BCUT2D eigenvalue weighted by molar-refractivity contribution is 0.206. The number of methoxy groups -OCH3 is 1. The Hall–Kier alpha value is -4.06. The normalized spacial score (nSPS) is 10.7. The second-order valence-corrected chi connectivity index (χ2v) is 7.66. The van der Waals surface area contributed by atoms with Gasteiger partial charge in [-0.1, -0.05) is 48.5 Å². The van der Waals surface area contributed by atoms with Gasteiger partial charge in [0, 0.05) is 17.8 Å². The highest BCUT2D eigenvalue weighted by Gasteiger charge is 2.17. The van der Waals surface area contributed by atoms with E-state index < -0.39 is 0 Å². The number of nitrogens with zero attached hydrogens (tertiary/aromatic N) is 1. The number of hydrogen-bond acceptors (Lipinski definition) is 3. The first-order chi connectivity index (χ1) is 15.5. The van der Waals surface area contributed by atoms with E-state index in [0.29, 0.717) is 17.8 Å². The van der Waals surface area contributed by atoms with E-state index in [2.05, 4.69) is 10.3 Å². The minimum absolute atomic E-state index is 0.171. The molecule has 0 bridgehead atoms. The molecule has 0 spiro atoms. The number of urea groups is 1.